The Kier molecular flexibility index (Phi) is 12.9. The van der Waals surface area contributed by atoms with E-state index in [0.29, 0.717) is 43.1 Å². The Labute approximate surface area is 326 Å². The van der Waals surface area contributed by atoms with Gasteiger partial charge in [0.25, 0.3) is 0 Å². The van der Waals surface area contributed by atoms with Gasteiger partial charge in [-0.1, -0.05) is 64.6 Å². The molecule has 0 bridgehead atoms. The molecule has 13 nitrogen and oxygen atoms in total. The maximum absolute atomic E-state index is 14.4. The average Bonchev–Trinajstić information content (AvgIpc) is 3.76. The van der Waals surface area contributed by atoms with Crippen LogP contribution in [0.15, 0.2) is 60.1 Å². The number of rotatable bonds is 10. The third-order valence-corrected chi connectivity index (χ3v) is 11.1. The Balaban J connectivity index is 0.00000580. The van der Waals surface area contributed by atoms with Crippen LogP contribution >= 0.6 is 11.3 Å². The highest BCUT2D eigenvalue weighted by molar-refractivity contribution is 7.13. The van der Waals surface area contributed by atoms with Crippen molar-refractivity contribution in [3.8, 4) is 21.7 Å². The van der Waals surface area contributed by atoms with Gasteiger partial charge in [-0.2, -0.15) is 0 Å². The Morgan fingerprint density at radius 3 is 2.36 bits per heavy atom. The van der Waals surface area contributed by atoms with Crippen molar-refractivity contribution in [1.29, 1.82) is 0 Å². The quantitative estimate of drug-likeness (QED) is 0.181. The standard InChI is InChI=1S/C39H48FN9O4S.CH4/c1-23(25-10-12-26(13-11-25)34-24(2)42-22-54-34)43-37(52)32-18-27(50)20-49(32)38(53)35(39(3,4)5)44-33(51)21-47-14-16-48(17-15-47)31-19-30(45-46-36(31)41)28-8-6-7-9-29(28)40;/h6-13,19,22-23,27,32,35,50H,14-18,20-21H2,1-5H3,(H2,41,46)(H,43,52)(H,44,51);1H4/t23-,27+,32-,35+;/m0./s1. The van der Waals surface area contributed by atoms with E-state index < -0.39 is 35.3 Å². The van der Waals surface area contributed by atoms with E-state index in [-0.39, 0.29) is 50.6 Å². The number of nitrogens with zero attached hydrogens (tertiary/aromatic N) is 6. The molecule has 2 fully saturated rings. The molecule has 0 unspecified atom stereocenters. The molecule has 6 rings (SSSR count). The Bertz CT molecular complexity index is 1980. The molecule has 0 aliphatic carbocycles. The number of likely N-dealkylation sites (tertiary alicyclic amines) is 1. The van der Waals surface area contributed by atoms with Crippen LogP contribution in [0.1, 0.15) is 58.8 Å². The number of piperazine rings is 1. The summed E-state index contributed by atoms with van der Waals surface area (Å²) < 4.78 is 14.4. The Morgan fingerprint density at radius 2 is 1.73 bits per heavy atom. The summed E-state index contributed by atoms with van der Waals surface area (Å²) >= 11 is 1.57. The summed E-state index contributed by atoms with van der Waals surface area (Å²) in [5.74, 6) is -1.27. The molecule has 5 N–H and O–H groups in total. The van der Waals surface area contributed by atoms with Gasteiger partial charge < -0.3 is 31.3 Å². The zero-order valence-corrected chi connectivity index (χ0v) is 32.1. The molecule has 4 aromatic rings. The summed E-state index contributed by atoms with van der Waals surface area (Å²) in [7, 11) is 0. The van der Waals surface area contributed by atoms with Gasteiger partial charge in [-0.25, -0.2) is 9.37 Å². The van der Waals surface area contributed by atoms with Crippen LogP contribution in [0.25, 0.3) is 21.7 Å². The van der Waals surface area contributed by atoms with Crippen LogP contribution in [0.5, 0.6) is 0 Å². The van der Waals surface area contributed by atoms with Crippen LogP contribution in [0, 0.1) is 18.2 Å². The maximum atomic E-state index is 14.4. The zero-order chi connectivity index (χ0) is 38.7. The molecular formula is C40H52FN9O4S. The molecule has 2 saturated heterocycles. The number of β-amino-alcohol motifs (C(OH)–C–C–N with tert-alkyl or cyclic N) is 1. The third kappa shape index (κ3) is 9.46. The molecule has 294 valence electrons. The number of benzene rings is 2. The third-order valence-electron chi connectivity index (χ3n) is 10.1. The fraction of sp³-hybridized carbons (Fsp3) is 0.450. The van der Waals surface area contributed by atoms with Crippen LogP contribution in [0.4, 0.5) is 15.9 Å². The number of anilines is 2. The molecule has 3 amide bonds. The second kappa shape index (κ2) is 17.2. The minimum Gasteiger partial charge on any atom is -0.391 e. The molecule has 2 aromatic heterocycles. The molecule has 2 aliphatic heterocycles. The first-order valence-corrected chi connectivity index (χ1v) is 19.0. The minimum atomic E-state index is -0.938. The molecule has 15 heteroatoms. The smallest absolute Gasteiger partial charge is 0.246 e. The lowest BCUT2D eigenvalue weighted by molar-refractivity contribution is -0.144. The lowest BCUT2D eigenvalue weighted by Crippen LogP contribution is -2.59. The van der Waals surface area contributed by atoms with E-state index in [1.807, 2.05) is 74.2 Å². The highest BCUT2D eigenvalue weighted by Crippen LogP contribution is 2.31. The van der Waals surface area contributed by atoms with Gasteiger partial charge in [0.05, 0.1) is 46.2 Å². The Hall–Kier alpha value is -4.99. The summed E-state index contributed by atoms with van der Waals surface area (Å²) in [6, 6.07) is 13.8. The van der Waals surface area contributed by atoms with Crippen molar-refractivity contribution in [3.05, 3.63) is 77.2 Å². The van der Waals surface area contributed by atoms with E-state index in [1.165, 1.54) is 11.0 Å². The van der Waals surface area contributed by atoms with E-state index in [1.54, 1.807) is 35.6 Å². The van der Waals surface area contributed by atoms with Gasteiger partial charge in [0.2, 0.25) is 17.7 Å². The molecule has 4 heterocycles. The first-order valence-electron chi connectivity index (χ1n) is 18.1. The number of carbonyl (C=O) groups excluding carboxylic acids is 3. The van der Waals surface area contributed by atoms with Gasteiger partial charge >= 0.3 is 0 Å². The largest absolute Gasteiger partial charge is 0.391 e. The number of carbonyl (C=O) groups is 3. The predicted molar refractivity (Wildman–Crippen MR) is 214 cm³/mol. The van der Waals surface area contributed by atoms with Crippen LogP contribution in [0.2, 0.25) is 0 Å². The fourth-order valence-electron chi connectivity index (χ4n) is 7.02. The molecule has 2 aromatic carbocycles. The van der Waals surface area contributed by atoms with Crippen LogP contribution < -0.4 is 21.3 Å². The first kappa shape index (κ1) is 41.2. The summed E-state index contributed by atoms with van der Waals surface area (Å²) in [5.41, 5.74) is 11.6. The number of nitrogen functional groups attached to an aromatic ring is 1. The number of thiazole rings is 1. The summed E-state index contributed by atoms with van der Waals surface area (Å²) in [5, 5.41) is 24.8. The molecule has 55 heavy (non-hydrogen) atoms. The number of aliphatic hydroxyl groups excluding tert-OH is 1. The SMILES string of the molecule is C.Cc1ncsc1-c1ccc([C@H](C)NC(=O)[C@@H]2C[C@@H](O)CN2C(=O)[C@@H](NC(=O)CN2CCN(c3cc(-c4ccccc4F)nnc3N)CC2)C(C)(C)C)cc1. The van der Waals surface area contributed by atoms with Crippen molar-refractivity contribution < 1.29 is 23.9 Å². The second-order valence-electron chi connectivity index (χ2n) is 15.1. The molecule has 4 atom stereocenters. The van der Waals surface area contributed by atoms with E-state index in [9.17, 15) is 23.9 Å². The molecule has 0 saturated carbocycles. The highest BCUT2D eigenvalue weighted by Gasteiger charge is 2.45. The fourth-order valence-corrected chi connectivity index (χ4v) is 7.83. The van der Waals surface area contributed by atoms with Gasteiger partial charge in [-0.15, -0.1) is 21.5 Å². The van der Waals surface area contributed by atoms with E-state index in [4.69, 9.17) is 5.73 Å². The van der Waals surface area contributed by atoms with Crippen LogP contribution in [-0.2, 0) is 14.4 Å². The molecule has 0 radical (unpaired) electrons. The highest BCUT2D eigenvalue weighted by atomic mass is 32.1. The number of amides is 3. The minimum absolute atomic E-state index is 0. The number of hydrogen-bond acceptors (Lipinski definition) is 11. The number of aromatic nitrogens is 3. The van der Waals surface area contributed by atoms with Gasteiger partial charge in [0.1, 0.15) is 17.9 Å². The number of nitrogens with two attached hydrogens (primary N) is 1. The van der Waals surface area contributed by atoms with E-state index in [2.05, 4.69) is 25.8 Å². The van der Waals surface area contributed by atoms with E-state index >= 15 is 0 Å². The first-order chi connectivity index (χ1) is 25.7. The lowest BCUT2D eigenvalue weighted by atomic mass is 9.85. The molecule has 0 spiro atoms. The predicted octanol–water partition coefficient (Wildman–Crippen LogP) is 4.43. The molecular weight excluding hydrogens is 722 g/mol. The summed E-state index contributed by atoms with van der Waals surface area (Å²) in [4.78, 5) is 52.1. The summed E-state index contributed by atoms with van der Waals surface area (Å²) in [6.07, 6.45) is -0.774. The normalized spacial score (nSPS) is 18.7. The van der Waals surface area contributed by atoms with Crippen molar-refractivity contribution in [2.75, 3.05) is 49.9 Å². The number of aliphatic hydroxyl groups is 1. The second-order valence-corrected chi connectivity index (χ2v) is 16.0. The number of aryl methyl sites for hydroxylation is 1. The van der Waals surface area contributed by atoms with Gasteiger partial charge in [-0.3, -0.25) is 19.3 Å². The van der Waals surface area contributed by atoms with Crippen molar-refractivity contribution >= 4 is 40.6 Å². The molecule has 2 aliphatic rings. The monoisotopic (exact) mass is 773 g/mol. The number of nitrogens with one attached hydrogen (secondary N) is 2. The van der Waals surface area contributed by atoms with Gasteiger partial charge in [0.15, 0.2) is 5.82 Å². The Morgan fingerprint density at radius 1 is 1.04 bits per heavy atom. The van der Waals surface area contributed by atoms with E-state index in [0.717, 1.165) is 21.7 Å². The lowest BCUT2D eigenvalue weighted by Gasteiger charge is -2.38. The average molecular weight is 774 g/mol. The van der Waals surface area contributed by atoms with Crippen molar-refractivity contribution in [2.45, 2.75) is 72.7 Å². The van der Waals surface area contributed by atoms with Crippen molar-refractivity contribution in [2.24, 2.45) is 5.41 Å². The van der Waals surface area contributed by atoms with Crippen LogP contribution in [0.3, 0.4) is 0 Å². The summed E-state index contributed by atoms with van der Waals surface area (Å²) in [6.45, 7) is 11.6. The van der Waals surface area contributed by atoms with Crippen LogP contribution in [-0.4, -0.2) is 105 Å². The van der Waals surface area contributed by atoms with Gasteiger partial charge in [0, 0.05) is 44.7 Å². The zero-order valence-electron chi connectivity index (χ0n) is 31.3. The number of hydrogen-bond donors (Lipinski definition) is 4. The number of halogens is 1. The topological polar surface area (TPSA) is 170 Å². The van der Waals surface area contributed by atoms with Crippen molar-refractivity contribution in [1.82, 2.24) is 35.6 Å². The maximum Gasteiger partial charge on any atom is 0.246 e. The van der Waals surface area contributed by atoms with Crippen molar-refractivity contribution in [3.63, 3.8) is 0 Å². The van der Waals surface area contributed by atoms with Gasteiger partial charge in [-0.05, 0) is 48.6 Å².